The number of sulfone groups is 1. The quantitative estimate of drug-likeness (QED) is 0.633. The normalized spacial score (nSPS) is 12.4. The number of thiazole rings is 1. The molecule has 1 amide bonds. The summed E-state index contributed by atoms with van der Waals surface area (Å²) >= 11 is 1.39. The number of methoxy groups -OCH3 is 1. The first-order chi connectivity index (χ1) is 12.9. The summed E-state index contributed by atoms with van der Waals surface area (Å²) in [5.74, 6) is 0.342. The molecule has 0 N–H and O–H groups in total. The van der Waals surface area contributed by atoms with E-state index in [1.165, 1.54) is 11.3 Å². The van der Waals surface area contributed by atoms with E-state index in [0.717, 1.165) is 16.0 Å². The number of hydrogen-bond acceptors (Lipinski definition) is 5. The van der Waals surface area contributed by atoms with Gasteiger partial charge in [-0.15, -0.1) is 0 Å². The van der Waals surface area contributed by atoms with Crippen LogP contribution in [-0.2, 0) is 21.7 Å². The van der Waals surface area contributed by atoms with Crippen LogP contribution in [0.25, 0.3) is 10.2 Å². The van der Waals surface area contributed by atoms with Crippen molar-refractivity contribution in [2.24, 2.45) is 12.0 Å². The zero-order valence-electron chi connectivity index (χ0n) is 15.1. The lowest BCUT2D eigenvalue weighted by Gasteiger charge is -2.02. The van der Waals surface area contributed by atoms with Crippen molar-refractivity contribution >= 4 is 37.3 Å². The Morgan fingerprint density at radius 3 is 2.63 bits per heavy atom. The number of fused-ring (bicyclic) bond motifs is 1. The molecule has 8 heteroatoms. The van der Waals surface area contributed by atoms with Crippen molar-refractivity contribution in [1.82, 2.24) is 4.57 Å². The Morgan fingerprint density at radius 1 is 1.19 bits per heavy atom. The van der Waals surface area contributed by atoms with Gasteiger partial charge in [0.25, 0.3) is 0 Å². The molecule has 0 unspecified atom stereocenters. The molecule has 3 rings (SSSR count). The Kier molecular flexibility index (Phi) is 5.76. The zero-order chi connectivity index (χ0) is 19.4. The van der Waals surface area contributed by atoms with Crippen LogP contribution < -0.4 is 9.54 Å². The van der Waals surface area contributed by atoms with Gasteiger partial charge in [-0.2, -0.15) is 4.99 Å². The predicted octanol–water partition coefficient (Wildman–Crippen LogP) is 2.93. The van der Waals surface area contributed by atoms with Gasteiger partial charge >= 0.3 is 0 Å². The second kappa shape index (κ2) is 8.06. The smallest absolute Gasteiger partial charge is 0.248 e. The van der Waals surface area contributed by atoms with Crippen molar-refractivity contribution in [2.75, 3.05) is 12.9 Å². The number of carbonyl (C=O) groups excluding carboxylic acids is 1. The van der Waals surface area contributed by atoms with Gasteiger partial charge in [-0.3, -0.25) is 4.79 Å². The summed E-state index contributed by atoms with van der Waals surface area (Å²) in [6.45, 7) is 0. The topological polar surface area (TPSA) is 77.7 Å². The first kappa shape index (κ1) is 19.3. The van der Waals surface area contributed by atoms with Crippen LogP contribution in [0.1, 0.15) is 12.8 Å². The molecule has 0 aliphatic rings. The summed E-state index contributed by atoms with van der Waals surface area (Å²) in [6.07, 6.45) is 0.325. The van der Waals surface area contributed by atoms with E-state index in [0.29, 0.717) is 4.80 Å². The Morgan fingerprint density at radius 2 is 1.93 bits per heavy atom. The molecule has 3 aromatic rings. The van der Waals surface area contributed by atoms with E-state index in [2.05, 4.69) is 4.99 Å². The maximum atomic E-state index is 12.2. The molecule has 1 aromatic heterocycles. The van der Waals surface area contributed by atoms with Crippen molar-refractivity contribution < 1.29 is 17.9 Å². The molecule has 1 heterocycles. The van der Waals surface area contributed by atoms with Gasteiger partial charge in [-0.05, 0) is 36.8 Å². The number of aromatic nitrogens is 1. The molecule has 0 bridgehead atoms. The number of aryl methyl sites for hydroxylation is 1. The Bertz CT molecular complexity index is 1130. The maximum absolute atomic E-state index is 12.2. The molecule has 0 saturated heterocycles. The number of nitrogens with zero attached hydrogens (tertiary/aromatic N) is 2. The minimum atomic E-state index is -3.38. The third-order valence-corrected chi connectivity index (χ3v) is 7.05. The molecule has 0 spiro atoms. The molecule has 0 aliphatic carbocycles. The van der Waals surface area contributed by atoms with Gasteiger partial charge in [0.2, 0.25) is 5.91 Å². The van der Waals surface area contributed by atoms with Crippen LogP contribution >= 0.6 is 11.3 Å². The molecule has 0 aliphatic heterocycles. The minimum absolute atomic E-state index is 0.0754. The standard InChI is InChI=1S/C19H20N2O4S2/c1-21-16-11-10-14(25-2)13-17(16)26-19(21)20-18(22)9-6-12-27(23,24)15-7-4-3-5-8-15/h3-5,7-8,10-11,13H,6,9,12H2,1-2H3. The second-order valence-corrected chi connectivity index (χ2v) is 9.14. The van der Waals surface area contributed by atoms with Gasteiger partial charge in [0, 0.05) is 13.5 Å². The highest BCUT2D eigenvalue weighted by Gasteiger charge is 2.14. The first-order valence-corrected chi connectivity index (χ1v) is 10.9. The molecule has 0 fully saturated rings. The fourth-order valence-electron chi connectivity index (χ4n) is 2.67. The summed E-state index contributed by atoms with van der Waals surface area (Å²) in [7, 11) is 0.0732. The zero-order valence-corrected chi connectivity index (χ0v) is 16.7. The van der Waals surface area contributed by atoms with Crippen LogP contribution in [0.5, 0.6) is 5.75 Å². The molecular formula is C19H20N2O4S2. The maximum Gasteiger partial charge on any atom is 0.248 e. The molecule has 2 aromatic carbocycles. The minimum Gasteiger partial charge on any atom is -0.497 e. The van der Waals surface area contributed by atoms with Crippen LogP contribution in [0.2, 0.25) is 0 Å². The summed E-state index contributed by atoms with van der Waals surface area (Å²) in [6, 6.07) is 13.9. The van der Waals surface area contributed by atoms with E-state index in [1.54, 1.807) is 37.4 Å². The molecule has 27 heavy (non-hydrogen) atoms. The third kappa shape index (κ3) is 4.45. The molecule has 0 atom stereocenters. The predicted molar refractivity (Wildman–Crippen MR) is 106 cm³/mol. The molecule has 0 radical (unpaired) electrons. The SMILES string of the molecule is COc1ccc2c(c1)sc(=NC(=O)CCCS(=O)(=O)c1ccccc1)n2C. The van der Waals surface area contributed by atoms with Crippen molar-refractivity contribution in [3.8, 4) is 5.75 Å². The average Bonchev–Trinajstić information content (AvgIpc) is 2.97. The monoisotopic (exact) mass is 404 g/mol. The number of ether oxygens (including phenoxy) is 1. The van der Waals surface area contributed by atoms with Gasteiger partial charge in [0.1, 0.15) is 5.75 Å². The first-order valence-electron chi connectivity index (χ1n) is 8.39. The van der Waals surface area contributed by atoms with Gasteiger partial charge < -0.3 is 9.30 Å². The van der Waals surface area contributed by atoms with Crippen molar-refractivity contribution in [2.45, 2.75) is 17.7 Å². The van der Waals surface area contributed by atoms with Crippen molar-refractivity contribution in [3.63, 3.8) is 0 Å². The highest BCUT2D eigenvalue weighted by atomic mass is 32.2. The van der Waals surface area contributed by atoms with Crippen LogP contribution in [0.3, 0.4) is 0 Å². The number of benzene rings is 2. The highest BCUT2D eigenvalue weighted by molar-refractivity contribution is 7.91. The molecule has 0 saturated carbocycles. The lowest BCUT2D eigenvalue weighted by molar-refractivity contribution is -0.118. The largest absolute Gasteiger partial charge is 0.497 e. The average molecular weight is 405 g/mol. The Labute approximate surface area is 161 Å². The van der Waals surface area contributed by atoms with Crippen LogP contribution in [0.15, 0.2) is 58.4 Å². The van der Waals surface area contributed by atoms with Gasteiger partial charge in [-0.1, -0.05) is 29.5 Å². The fraction of sp³-hybridized carbons (Fsp3) is 0.263. The number of amides is 1. The van der Waals surface area contributed by atoms with Crippen LogP contribution in [0.4, 0.5) is 0 Å². The molecule has 6 nitrogen and oxygen atoms in total. The van der Waals surface area contributed by atoms with Crippen molar-refractivity contribution in [1.29, 1.82) is 0 Å². The Hall–Kier alpha value is -2.45. The lowest BCUT2D eigenvalue weighted by atomic mass is 10.3. The molecule has 142 valence electrons. The summed E-state index contributed by atoms with van der Waals surface area (Å²) in [4.78, 5) is 17.2. The summed E-state index contributed by atoms with van der Waals surface area (Å²) < 4.78 is 32.5. The van der Waals surface area contributed by atoms with Crippen molar-refractivity contribution in [3.05, 3.63) is 53.3 Å². The highest BCUT2D eigenvalue weighted by Crippen LogP contribution is 2.22. The van der Waals surface area contributed by atoms with Gasteiger partial charge in [0.05, 0.1) is 28.0 Å². The van der Waals surface area contributed by atoms with E-state index in [9.17, 15) is 13.2 Å². The van der Waals surface area contributed by atoms with E-state index in [1.807, 2.05) is 29.8 Å². The van der Waals surface area contributed by atoms with E-state index < -0.39 is 9.84 Å². The van der Waals surface area contributed by atoms with Gasteiger partial charge in [-0.25, -0.2) is 8.42 Å². The van der Waals surface area contributed by atoms with Crippen LogP contribution in [-0.4, -0.2) is 31.8 Å². The van der Waals surface area contributed by atoms with E-state index in [4.69, 9.17) is 4.74 Å². The molecular weight excluding hydrogens is 384 g/mol. The lowest BCUT2D eigenvalue weighted by Crippen LogP contribution is -2.14. The number of hydrogen-bond donors (Lipinski definition) is 0. The summed E-state index contributed by atoms with van der Waals surface area (Å²) in [5.41, 5.74) is 0.957. The van der Waals surface area contributed by atoms with E-state index >= 15 is 0 Å². The van der Waals surface area contributed by atoms with Crippen LogP contribution in [0, 0.1) is 0 Å². The number of rotatable bonds is 6. The number of carbonyl (C=O) groups is 1. The third-order valence-electron chi connectivity index (χ3n) is 4.14. The summed E-state index contributed by atoms with van der Waals surface area (Å²) in [5, 5.41) is 0. The second-order valence-electron chi connectivity index (χ2n) is 6.02. The van der Waals surface area contributed by atoms with Gasteiger partial charge in [0.15, 0.2) is 14.6 Å². The Balaban J connectivity index is 1.70. The van der Waals surface area contributed by atoms with E-state index in [-0.39, 0.29) is 29.4 Å². The fourth-order valence-corrected chi connectivity index (χ4v) is 5.07.